The highest BCUT2D eigenvalue weighted by Crippen LogP contribution is 2.15. The molecule has 0 radical (unpaired) electrons. The van der Waals surface area contributed by atoms with Crippen LogP contribution in [0.25, 0.3) is 0 Å². The van der Waals surface area contributed by atoms with Crippen LogP contribution in [0.1, 0.15) is 12.5 Å². The maximum atomic E-state index is 12.2. The molecule has 1 aliphatic heterocycles. The average molecular weight is 292 g/mol. The number of carbonyl (C=O) groups excluding carboxylic acids is 2. The Bertz CT molecular complexity index is 479. The molecule has 1 fully saturated rings. The van der Waals surface area contributed by atoms with Crippen LogP contribution in [0.15, 0.2) is 29.2 Å². The molecule has 0 bridgehead atoms. The van der Waals surface area contributed by atoms with Gasteiger partial charge < -0.3 is 9.80 Å². The summed E-state index contributed by atoms with van der Waals surface area (Å²) in [7, 11) is 0. The lowest BCUT2D eigenvalue weighted by Crippen LogP contribution is -2.50. The van der Waals surface area contributed by atoms with Crippen LogP contribution < -0.4 is 0 Å². The van der Waals surface area contributed by atoms with E-state index in [4.69, 9.17) is 0 Å². The summed E-state index contributed by atoms with van der Waals surface area (Å²) in [5, 5.41) is 0. The van der Waals surface area contributed by atoms with Crippen molar-refractivity contribution >= 4 is 23.6 Å². The zero-order valence-corrected chi connectivity index (χ0v) is 12.8. The number of hydrogen-bond donors (Lipinski definition) is 0. The summed E-state index contributed by atoms with van der Waals surface area (Å²) in [6, 6.07) is 8.10. The second kappa shape index (κ2) is 6.79. The van der Waals surface area contributed by atoms with Crippen LogP contribution in [-0.4, -0.2) is 54.0 Å². The minimum Gasteiger partial charge on any atom is -0.339 e. The van der Waals surface area contributed by atoms with Gasteiger partial charge in [-0.3, -0.25) is 9.59 Å². The summed E-state index contributed by atoms with van der Waals surface area (Å²) in [5.74, 6) is 0.231. The van der Waals surface area contributed by atoms with Gasteiger partial charge in [-0.15, -0.1) is 11.8 Å². The van der Waals surface area contributed by atoms with Gasteiger partial charge >= 0.3 is 0 Å². The van der Waals surface area contributed by atoms with E-state index in [9.17, 15) is 9.59 Å². The molecule has 2 rings (SSSR count). The van der Waals surface area contributed by atoms with E-state index in [1.807, 2.05) is 35.4 Å². The van der Waals surface area contributed by atoms with Crippen molar-refractivity contribution in [3.8, 4) is 0 Å². The summed E-state index contributed by atoms with van der Waals surface area (Å²) < 4.78 is 0. The summed E-state index contributed by atoms with van der Waals surface area (Å²) in [6.07, 6.45) is 2.48. The Kier molecular flexibility index (Phi) is 5.06. The third-order valence-electron chi connectivity index (χ3n) is 3.59. The molecule has 1 aliphatic rings. The lowest BCUT2D eigenvalue weighted by atomic mass is 10.1. The van der Waals surface area contributed by atoms with Crippen LogP contribution in [0, 0.1) is 0 Å². The first-order valence-corrected chi connectivity index (χ1v) is 7.99. The third-order valence-corrected chi connectivity index (χ3v) is 4.34. The van der Waals surface area contributed by atoms with E-state index in [1.54, 1.807) is 23.6 Å². The Hall–Kier alpha value is -1.49. The standard InChI is InChI=1S/C15H20N2O2S/c1-12(18)16-7-9-17(10-8-16)15(19)11-13-3-5-14(20-2)6-4-13/h3-6H,7-11H2,1-2H3. The summed E-state index contributed by atoms with van der Waals surface area (Å²) >= 11 is 1.69. The van der Waals surface area contributed by atoms with E-state index in [2.05, 4.69) is 0 Å². The molecule has 0 unspecified atom stereocenters. The first-order chi connectivity index (χ1) is 9.60. The van der Waals surface area contributed by atoms with Crippen LogP contribution in [0.4, 0.5) is 0 Å². The van der Waals surface area contributed by atoms with E-state index in [0.29, 0.717) is 32.6 Å². The highest BCUT2D eigenvalue weighted by molar-refractivity contribution is 7.98. The molecule has 2 amide bonds. The highest BCUT2D eigenvalue weighted by atomic mass is 32.2. The third kappa shape index (κ3) is 3.76. The number of thioether (sulfide) groups is 1. The van der Waals surface area contributed by atoms with Crippen molar-refractivity contribution in [2.45, 2.75) is 18.2 Å². The van der Waals surface area contributed by atoms with Gasteiger partial charge in [-0.1, -0.05) is 12.1 Å². The van der Waals surface area contributed by atoms with Crippen molar-refractivity contribution in [1.82, 2.24) is 9.80 Å². The number of carbonyl (C=O) groups is 2. The number of piperazine rings is 1. The van der Waals surface area contributed by atoms with E-state index in [-0.39, 0.29) is 11.8 Å². The Labute approximate surface area is 124 Å². The van der Waals surface area contributed by atoms with Crippen LogP contribution in [0.2, 0.25) is 0 Å². The van der Waals surface area contributed by atoms with Crippen LogP contribution in [0.5, 0.6) is 0 Å². The molecule has 0 saturated carbocycles. The predicted octanol–water partition coefficient (Wildman–Crippen LogP) is 1.64. The summed E-state index contributed by atoms with van der Waals surface area (Å²) in [4.78, 5) is 28.3. The van der Waals surface area contributed by atoms with Gasteiger partial charge in [0.2, 0.25) is 11.8 Å². The van der Waals surface area contributed by atoms with Gasteiger partial charge in [0.15, 0.2) is 0 Å². The van der Waals surface area contributed by atoms with Crippen molar-refractivity contribution in [2.75, 3.05) is 32.4 Å². The van der Waals surface area contributed by atoms with Crippen LogP contribution in [0.3, 0.4) is 0 Å². The SMILES string of the molecule is CSc1ccc(CC(=O)N2CCN(C(C)=O)CC2)cc1. The molecule has 0 aliphatic carbocycles. The summed E-state index contributed by atoms with van der Waals surface area (Å²) in [5.41, 5.74) is 1.04. The predicted molar refractivity (Wildman–Crippen MR) is 80.8 cm³/mol. The molecular weight excluding hydrogens is 272 g/mol. The molecule has 1 aromatic carbocycles. The molecule has 4 nitrogen and oxygen atoms in total. The number of amides is 2. The van der Waals surface area contributed by atoms with Gasteiger partial charge in [0, 0.05) is 38.0 Å². The van der Waals surface area contributed by atoms with Crippen molar-refractivity contribution in [3.63, 3.8) is 0 Å². The van der Waals surface area contributed by atoms with Gasteiger partial charge in [-0.2, -0.15) is 0 Å². The van der Waals surface area contributed by atoms with Gasteiger partial charge in [0.1, 0.15) is 0 Å². The van der Waals surface area contributed by atoms with Gasteiger partial charge in [0.05, 0.1) is 6.42 Å². The van der Waals surface area contributed by atoms with Crippen molar-refractivity contribution < 1.29 is 9.59 Å². The fourth-order valence-corrected chi connectivity index (χ4v) is 2.71. The largest absolute Gasteiger partial charge is 0.339 e. The van der Waals surface area contributed by atoms with E-state index in [0.717, 1.165) is 5.56 Å². The van der Waals surface area contributed by atoms with Crippen molar-refractivity contribution in [1.29, 1.82) is 0 Å². The Morgan fingerprint density at radius 3 is 2.10 bits per heavy atom. The molecule has 5 heteroatoms. The molecule has 1 saturated heterocycles. The zero-order valence-electron chi connectivity index (χ0n) is 12.0. The molecular formula is C15H20N2O2S. The Balaban J connectivity index is 1.87. The molecule has 20 heavy (non-hydrogen) atoms. The first-order valence-electron chi connectivity index (χ1n) is 6.76. The average Bonchev–Trinajstić information content (AvgIpc) is 2.48. The van der Waals surface area contributed by atoms with E-state index < -0.39 is 0 Å². The lowest BCUT2D eigenvalue weighted by Gasteiger charge is -2.34. The normalized spacial score (nSPS) is 15.3. The molecule has 1 heterocycles. The second-order valence-electron chi connectivity index (χ2n) is 4.91. The van der Waals surface area contributed by atoms with E-state index >= 15 is 0 Å². The first kappa shape index (κ1) is 14.9. The van der Waals surface area contributed by atoms with E-state index in [1.165, 1.54) is 4.90 Å². The highest BCUT2D eigenvalue weighted by Gasteiger charge is 2.22. The molecule has 0 aromatic heterocycles. The van der Waals surface area contributed by atoms with Crippen molar-refractivity contribution in [2.24, 2.45) is 0 Å². The fourth-order valence-electron chi connectivity index (χ4n) is 2.30. The Morgan fingerprint density at radius 2 is 1.60 bits per heavy atom. The van der Waals surface area contributed by atoms with Gasteiger partial charge in [0.25, 0.3) is 0 Å². The number of hydrogen-bond acceptors (Lipinski definition) is 3. The molecule has 0 N–H and O–H groups in total. The maximum Gasteiger partial charge on any atom is 0.227 e. The molecule has 108 valence electrons. The van der Waals surface area contributed by atoms with Gasteiger partial charge in [-0.25, -0.2) is 0 Å². The number of nitrogens with zero attached hydrogens (tertiary/aromatic N) is 2. The molecule has 0 spiro atoms. The minimum absolute atomic E-state index is 0.0877. The number of rotatable bonds is 3. The number of benzene rings is 1. The van der Waals surface area contributed by atoms with Crippen molar-refractivity contribution in [3.05, 3.63) is 29.8 Å². The zero-order chi connectivity index (χ0) is 14.5. The second-order valence-corrected chi connectivity index (χ2v) is 5.79. The minimum atomic E-state index is 0.0877. The molecule has 1 aromatic rings. The smallest absolute Gasteiger partial charge is 0.227 e. The van der Waals surface area contributed by atoms with Crippen LogP contribution >= 0.6 is 11.8 Å². The summed E-state index contributed by atoms with van der Waals surface area (Å²) in [6.45, 7) is 4.15. The fraction of sp³-hybridized carbons (Fsp3) is 0.467. The monoisotopic (exact) mass is 292 g/mol. The topological polar surface area (TPSA) is 40.6 Å². The lowest BCUT2D eigenvalue weighted by molar-refractivity contribution is -0.138. The Morgan fingerprint density at radius 1 is 1.05 bits per heavy atom. The quantitative estimate of drug-likeness (QED) is 0.795. The molecule has 0 atom stereocenters. The maximum absolute atomic E-state index is 12.2. The van der Waals surface area contributed by atoms with Gasteiger partial charge in [-0.05, 0) is 24.0 Å². The van der Waals surface area contributed by atoms with Crippen LogP contribution in [-0.2, 0) is 16.0 Å².